The van der Waals surface area contributed by atoms with E-state index in [1.54, 1.807) is 0 Å². The fourth-order valence-electron chi connectivity index (χ4n) is 2.15. The fraction of sp³-hybridized carbons (Fsp3) is 0.750. The first-order valence-corrected chi connectivity index (χ1v) is 5.13. The van der Waals surface area contributed by atoms with E-state index in [9.17, 15) is 4.79 Å². The summed E-state index contributed by atoms with van der Waals surface area (Å²) in [5, 5.41) is 0. The Kier molecular flexibility index (Phi) is 2.65. The van der Waals surface area contributed by atoms with Crippen LogP contribution in [0.4, 0.5) is 0 Å². The van der Waals surface area contributed by atoms with Crippen molar-refractivity contribution in [2.45, 2.75) is 47.5 Å². The summed E-state index contributed by atoms with van der Waals surface area (Å²) in [6.07, 6.45) is 1.82. The number of hydrogen-bond acceptors (Lipinski definition) is 1. The molecule has 0 aliphatic heterocycles. The minimum absolute atomic E-state index is 0.195. The Labute approximate surface area is 81.2 Å². The van der Waals surface area contributed by atoms with Gasteiger partial charge >= 0.3 is 0 Å². The van der Waals surface area contributed by atoms with Crippen LogP contribution in [-0.2, 0) is 4.79 Å². The molecular weight excluding hydrogens is 160 g/mol. The number of carbonyl (C=O) groups is 1. The van der Waals surface area contributed by atoms with E-state index < -0.39 is 0 Å². The standard InChI is InChI=1S/C12H20O/c1-6-12(5)7-11(13)9(3)8(2)10(12)4/h10H,6-7H2,1-5H3/t10-,12-/m0/s1. The van der Waals surface area contributed by atoms with Crippen LogP contribution in [0.1, 0.15) is 47.5 Å². The molecule has 74 valence electrons. The van der Waals surface area contributed by atoms with Crippen LogP contribution in [0.15, 0.2) is 11.1 Å². The summed E-state index contributed by atoms with van der Waals surface area (Å²) in [7, 11) is 0. The van der Waals surface area contributed by atoms with Crippen molar-refractivity contribution in [1.82, 2.24) is 0 Å². The average Bonchev–Trinajstić information content (AvgIpc) is 2.12. The zero-order valence-electron chi connectivity index (χ0n) is 9.40. The van der Waals surface area contributed by atoms with E-state index >= 15 is 0 Å². The third-order valence-corrected chi connectivity index (χ3v) is 4.08. The lowest BCUT2D eigenvalue weighted by Crippen LogP contribution is -2.34. The molecule has 1 aliphatic carbocycles. The quantitative estimate of drug-likeness (QED) is 0.605. The molecule has 0 radical (unpaired) electrons. The van der Waals surface area contributed by atoms with Crippen LogP contribution in [0.2, 0.25) is 0 Å². The van der Waals surface area contributed by atoms with Crippen LogP contribution in [0.25, 0.3) is 0 Å². The normalized spacial score (nSPS) is 35.5. The Morgan fingerprint density at radius 3 is 2.46 bits per heavy atom. The van der Waals surface area contributed by atoms with Crippen molar-refractivity contribution in [3.8, 4) is 0 Å². The van der Waals surface area contributed by atoms with Crippen molar-refractivity contribution < 1.29 is 4.79 Å². The van der Waals surface area contributed by atoms with E-state index in [0.717, 1.165) is 18.4 Å². The second-order valence-corrected chi connectivity index (χ2v) is 4.64. The highest BCUT2D eigenvalue weighted by molar-refractivity contribution is 5.97. The number of allylic oxidation sites excluding steroid dienone is 2. The van der Waals surface area contributed by atoms with Crippen LogP contribution in [0.3, 0.4) is 0 Å². The van der Waals surface area contributed by atoms with Gasteiger partial charge in [-0.1, -0.05) is 26.3 Å². The maximum absolute atomic E-state index is 11.7. The molecule has 13 heavy (non-hydrogen) atoms. The SMILES string of the molecule is CC[C@@]1(C)CC(=O)C(C)=C(C)[C@@H]1C. The van der Waals surface area contributed by atoms with Crippen molar-refractivity contribution in [2.24, 2.45) is 11.3 Å². The van der Waals surface area contributed by atoms with Gasteiger partial charge in [0.15, 0.2) is 5.78 Å². The number of hydrogen-bond donors (Lipinski definition) is 0. The van der Waals surface area contributed by atoms with Crippen LogP contribution >= 0.6 is 0 Å². The Morgan fingerprint density at radius 1 is 1.46 bits per heavy atom. The van der Waals surface area contributed by atoms with Gasteiger partial charge in [0.1, 0.15) is 0 Å². The maximum Gasteiger partial charge on any atom is 0.159 e. The van der Waals surface area contributed by atoms with Crippen molar-refractivity contribution in [1.29, 1.82) is 0 Å². The van der Waals surface area contributed by atoms with Gasteiger partial charge in [-0.2, -0.15) is 0 Å². The molecule has 0 unspecified atom stereocenters. The first kappa shape index (κ1) is 10.5. The van der Waals surface area contributed by atoms with Gasteiger partial charge in [-0.05, 0) is 37.2 Å². The summed E-state index contributed by atoms with van der Waals surface area (Å²) in [6, 6.07) is 0. The summed E-state index contributed by atoms with van der Waals surface area (Å²) in [5.74, 6) is 0.898. The Bertz CT molecular complexity index is 262. The summed E-state index contributed by atoms with van der Waals surface area (Å²) in [5.41, 5.74) is 2.49. The van der Waals surface area contributed by atoms with Gasteiger partial charge in [0.25, 0.3) is 0 Å². The third kappa shape index (κ3) is 1.56. The molecular formula is C12H20O. The molecule has 0 fully saturated rings. The molecule has 1 aliphatic rings. The first-order chi connectivity index (χ1) is 5.92. The molecule has 0 bridgehead atoms. The lowest BCUT2D eigenvalue weighted by atomic mass is 9.64. The van der Waals surface area contributed by atoms with Gasteiger partial charge < -0.3 is 0 Å². The second-order valence-electron chi connectivity index (χ2n) is 4.64. The Hall–Kier alpha value is -0.590. The molecule has 0 spiro atoms. The molecule has 2 atom stereocenters. The zero-order chi connectivity index (χ0) is 10.2. The number of carbonyl (C=O) groups excluding carboxylic acids is 1. The minimum Gasteiger partial charge on any atom is -0.295 e. The van der Waals surface area contributed by atoms with E-state index in [1.165, 1.54) is 5.57 Å². The smallest absolute Gasteiger partial charge is 0.159 e. The molecule has 0 N–H and O–H groups in total. The van der Waals surface area contributed by atoms with Crippen LogP contribution in [0, 0.1) is 11.3 Å². The third-order valence-electron chi connectivity index (χ3n) is 4.08. The molecule has 0 saturated heterocycles. The Balaban J connectivity index is 3.09. The van der Waals surface area contributed by atoms with Gasteiger partial charge in [-0.3, -0.25) is 4.79 Å². The van der Waals surface area contributed by atoms with Gasteiger partial charge in [0.2, 0.25) is 0 Å². The second kappa shape index (κ2) is 3.28. The van der Waals surface area contributed by atoms with Gasteiger partial charge in [-0.25, -0.2) is 0 Å². The lowest BCUT2D eigenvalue weighted by molar-refractivity contribution is -0.119. The minimum atomic E-state index is 0.195. The van der Waals surface area contributed by atoms with E-state index in [4.69, 9.17) is 0 Å². The summed E-state index contributed by atoms with van der Waals surface area (Å²) >= 11 is 0. The maximum atomic E-state index is 11.7. The molecule has 1 heteroatoms. The molecule has 1 nitrogen and oxygen atoms in total. The van der Waals surface area contributed by atoms with Crippen LogP contribution in [-0.4, -0.2) is 5.78 Å². The topological polar surface area (TPSA) is 17.1 Å². The molecule has 0 aromatic carbocycles. The van der Waals surface area contributed by atoms with Gasteiger partial charge in [0.05, 0.1) is 0 Å². The van der Waals surface area contributed by atoms with Crippen molar-refractivity contribution >= 4 is 5.78 Å². The van der Waals surface area contributed by atoms with E-state index in [-0.39, 0.29) is 5.41 Å². The highest BCUT2D eigenvalue weighted by Crippen LogP contribution is 2.44. The molecule has 1 rings (SSSR count). The van der Waals surface area contributed by atoms with Crippen molar-refractivity contribution in [2.75, 3.05) is 0 Å². The van der Waals surface area contributed by atoms with Crippen molar-refractivity contribution in [3.63, 3.8) is 0 Å². The summed E-state index contributed by atoms with van der Waals surface area (Å²) < 4.78 is 0. The van der Waals surface area contributed by atoms with Crippen LogP contribution < -0.4 is 0 Å². The zero-order valence-corrected chi connectivity index (χ0v) is 9.40. The number of Topliss-reactive ketones (excluding diaryl/α,β-unsaturated/α-hetero) is 1. The van der Waals surface area contributed by atoms with E-state index in [1.807, 2.05) is 6.92 Å². The van der Waals surface area contributed by atoms with E-state index in [0.29, 0.717) is 11.7 Å². The predicted octanol–water partition coefficient (Wildman–Crippen LogP) is 3.35. The number of ketones is 1. The molecule has 0 aromatic rings. The predicted molar refractivity (Wildman–Crippen MR) is 55.6 cm³/mol. The van der Waals surface area contributed by atoms with Gasteiger partial charge in [-0.15, -0.1) is 0 Å². The number of rotatable bonds is 1. The van der Waals surface area contributed by atoms with Crippen molar-refractivity contribution in [3.05, 3.63) is 11.1 Å². The molecule has 0 aromatic heterocycles. The van der Waals surface area contributed by atoms with Gasteiger partial charge in [0, 0.05) is 6.42 Å². The van der Waals surface area contributed by atoms with E-state index in [2.05, 4.69) is 27.7 Å². The summed E-state index contributed by atoms with van der Waals surface area (Å²) in [6.45, 7) is 10.7. The average molecular weight is 180 g/mol. The fourth-order valence-corrected chi connectivity index (χ4v) is 2.15. The highest BCUT2D eigenvalue weighted by Gasteiger charge is 2.37. The molecule has 0 heterocycles. The Morgan fingerprint density at radius 2 is 2.00 bits per heavy atom. The molecule has 0 saturated carbocycles. The summed E-state index contributed by atoms with van der Waals surface area (Å²) in [4.78, 5) is 11.7. The lowest BCUT2D eigenvalue weighted by Gasteiger charge is -2.39. The van der Waals surface area contributed by atoms with Crippen LogP contribution in [0.5, 0.6) is 0 Å². The largest absolute Gasteiger partial charge is 0.295 e. The first-order valence-electron chi connectivity index (χ1n) is 5.13. The molecule has 0 amide bonds. The highest BCUT2D eigenvalue weighted by atomic mass is 16.1. The monoisotopic (exact) mass is 180 g/mol.